The first-order valence-corrected chi connectivity index (χ1v) is 14.6. The molecule has 0 spiro atoms. The van der Waals surface area contributed by atoms with Crippen LogP contribution in [0.15, 0.2) is 84.9 Å². The van der Waals surface area contributed by atoms with Gasteiger partial charge in [0.2, 0.25) is 17.6 Å². The summed E-state index contributed by atoms with van der Waals surface area (Å²) in [6.45, 7) is 5.33. The number of nitrogens with zero attached hydrogens (tertiary/aromatic N) is 2. The summed E-state index contributed by atoms with van der Waals surface area (Å²) in [6, 6.07) is 20.7. The molecule has 1 aliphatic carbocycles. The van der Waals surface area contributed by atoms with Crippen LogP contribution < -0.4 is 4.90 Å². The van der Waals surface area contributed by atoms with Gasteiger partial charge in [0.25, 0.3) is 0 Å². The summed E-state index contributed by atoms with van der Waals surface area (Å²) < 4.78 is 5.65. The maximum absolute atomic E-state index is 13.5. The summed E-state index contributed by atoms with van der Waals surface area (Å²) >= 11 is 6.42. The van der Waals surface area contributed by atoms with Gasteiger partial charge in [-0.1, -0.05) is 79.2 Å². The lowest BCUT2D eigenvalue weighted by atomic mass is 9.78. The number of amides is 2. The monoisotopic (exact) mass is 592 g/mol. The lowest BCUT2D eigenvalue weighted by molar-refractivity contribution is -0.122. The minimum absolute atomic E-state index is 0.000202. The number of ketones is 1. The van der Waals surface area contributed by atoms with E-state index in [0.717, 1.165) is 0 Å². The molecule has 0 bridgehead atoms. The molecule has 216 valence electrons. The second kappa shape index (κ2) is 11.2. The lowest BCUT2D eigenvalue weighted by Crippen LogP contribution is -2.31. The molecule has 4 aromatic rings. The van der Waals surface area contributed by atoms with Crippen molar-refractivity contribution in [2.45, 2.75) is 33.3 Å². The van der Waals surface area contributed by atoms with Gasteiger partial charge in [-0.25, -0.2) is 9.78 Å². The fourth-order valence-electron chi connectivity index (χ4n) is 6.02. The second-order valence-electron chi connectivity index (χ2n) is 11.1. The number of rotatable bonds is 6. The maximum atomic E-state index is 13.5. The fourth-order valence-corrected chi connectivity index (χ4v) is 6.17. The Morgan fingerprint density at radius 3 is 2.42 bits per heavy atom. The molecule has 7 nitrogen and oxygen atoms in total. The van der Waals surface area contributed by atoms with Crippen LogP contribution in [0.1, 0.15) is 46.5 Å². The molecule has 2 amide bonds. The van der Waals surface area contributed by atoms with E-state index in [9.17, 15) is 19.2 Å². The quantitative estimate of drug-likeness (QED) is 0.104. The first kappa shape index (κ1) is 28.5. The number of anilines is 1. The highest BCUT2D eigenvalue weighted by Crippen LogP contribution is 2.41. The second-order valence-corrected chi connectivity index (χ2v) is 11.5. The van der Waals surface area contributed by atoms with Crippen LogP contribution in [-0.4, -0.2) is 34.7 Å². The number of Topliss-reactive ketones (excluding diaryl/α,β-unsaturated/α-hetero) is 1. The molecule has 0 N–H and O–H groups in total. The van der Waals surface area contributed by atoms with Crippen molar-refractivity contribution in [3.63, 3.8) is 0 Å². The Balaban J connectivity index is 1.34. The Kier molecular flexibility index (Phi) is 7.44. The molecule has 4 unspecified atom stereocenters. The minimum Gasteiger partial charge on any atom is -0.451 e. The molecule has 6 rings (SSSR count). The van der Waals surface area contributed by atoms with Crippen molar-refractivity contribution >= 4 is 51.8 Å². The highest BCUT2D eigenvalue weighted by Gasteiger charge is 2.50. The van der Waals surface area contributed by atoms with E-state index in [-0.39, 0.29) is 40.9 Å². The van der Waals surface area contributed by atoms with Gasteiger partial charge in [-0.2, -0.15) is 0 Å². The van der Waals surface area contributed by atoms with E-state index in [1.54, 1.807) is 73.7 Å². The Bertz CT molecular complexity index is 1820. The van der Waals surface area contributed by atoms with Gasteiger partial charge in [0.1, 0.15) is 0 Å². The molecule has 8 heteroatoms. The molecule has 2 heterocycles. The first-order chi connectivity index (χ1) is 20.7. The van der Waals surface area contributed by atoms with Crippen molar-refractivity contribution in [1.82, 2.24) is 4.98 Å². The number of pyridine rings is 1. The largest absolute Gasteiger partial charge is 0.451 e. The molecule has 4 atom stereocenters. The number of hydrogen-bond acceptors (Lipinski definition) is 6. The number of benzene rings is 3. The Labute approximate surface area is 254 Å². The van der Waals surface area contributed by atoms with Crippen molar-refractivity contribution in [3.8, 4) is 11.3 Å². The average molecular weight is 593 g/mol. The van der Waals surface area contributed by atoms with Gasteiger partial charge >= 0.3 is 5.97 Å². The molecule has 1 fully saturated rings. The number of hydrogen-bond donors (Lipinski definition) is 0. The van der Waals surface area contributed by atoms with Crippen LogP contribution in [0.4, 0.5) is 5.69 Å². The van der Waals surface area contributed by atoms with E-state index in [1.807, 2.05) is 32.1 Å². The van der Waals surface area contributed by atoms with Crippen LogP contribution in [0.3, 0.4) is 0 Å². The molecule has 0 saturated carbocycles. The topological polar surface area (TPSA) is 93.6 Å². The Morgan fingerprint density at radius 1 is 1.00 bits per heavy atom. The van der Waals surface area contributed by atoms with E-state index in [4.69, 9.17) is 21.3 Å². The van der Waals surface area contributed by atoms with Crippen LogP contribution in [0.25, 0.3) is 22.2 Å². The van der Waals surface area contributed by atoms with Crippen LogP contribution in [0, 0.1) is 24.7 Å². The van der Waals surface area contributed by atoms with Gasteiger partial charge in [-0.15, -0.1) is 0 Å². The highest BCUT2D eigenvalue weighted by atomic mass is 35.5. The number of carbonyl (C=O) groups is 4. The number of halogens is 1. The van der Waals surface area contributed by atoms with Gasteiger partial charge in [-0.3, -0.25) is 19.3 Å². The third kappa shape index (κ3) is 5.04. The molecule has 3 aromatic carbocycles. The van der Waals surface area contributed by atoms with Crippen molar-refractivity contribution in [2.24, 2.45) is 17.8 Å². The van der Waals surface area contributed by atoms with E-state index in [1.165, 1.54) is 4.90 Å². The number of fused-ring (bicyclic) bond motifs is 2. The zero-order valence-electron chi connectivity index (χ0n) is 23.9. The lowest BCUT2D eigenvalue weighted by Gasteiger charge is -2.22. The van der Waals surface area contributed by atoms with E-state index < -0.39 is 12.1 Å². The molecular formula is C35H29ClN2O5. The zero-order chi connectivity index (χ0) is 30.4. The molecule has 1 aliphatic heterocycles. The van der Waals surface area contributed by atoms with Gasteiger partial charge in [0, 0.05) is 21.5 Å². The zero-order valence-corrected chi connectivity index (χ0v) is 24.7. The molecule has 2 aliphatic rings. The predicted octanol–water partition coefficient (Wildman–Crippen LogP) is 6.99. The number of aromatic nitrogens is 1. The number of carbonyl (C=O) groups excluding carboxylic acids is 4. The summed E-state index contributed by atoms with van der Waals surface area (Å²) in [6.07, 6.45) is 3.53. The minimum atomic E-state index is -1.01. The maximum Gasteiger partial charge on any atom is 0.339 e. The SMILES string of the molecule is Cc1c(Cl)ccc2c(C(=O)OC(C)C(=O)c3ccccc3)cc(-c3ccc(N4C(=O)C5CC=CC(C)C5C4=O)cc3)nc12. The average Bonchev–Trinajstić information content (AvgIpc) is 3.28. The molecule has 43 heavy (non-hydrogen) atoms. The van der Waals surface area contributed by atoms with Crippen molar-refractivity contribution < 1.29 is 23.9 Å². The van der Waals surface area contributed by atoms with Gasteiger partial charge in [-0.05, 0) is 56.0 Å². The molecule has 1 aromatic heterocycles. The smallest absolute Gasteiger partial charge is 0.339 e. The van der Waals surface area contributed by atoms with Crippen molar-refractivity contribution in [2.75, 3.05) is 4.90 Å². The predicted molar refractivity (Wildman–Crippen MR) is 165 cm³/mol. The number of imide groups is 1. The van der Waals surface area contributed by atoms with Crippen molar-refractivity contribution in [3.05, 3.63) is 107 Å². The summed E-state index contributed by atoms with van der Waals surface area (Å²) in [5.41, 5.74) is 3.55. The normalized spacial score (nSPS) is 20.3. The molecular weight excluding hydrogens is 564 g/mol. The number of ether oxygens (including phenoxy) is 1. The van der Waals surface area contributed by atoms with E-state index >= 15 is 0 Å². The number of allylic oxidation sites excluding steroid dienone is 2. The van der Waals surface area contributed by atoms with Gasteiger partial charge < -0.3 is 4.74 Å². The van der Waals surface area contributed by atoms with Gasteiger partial charge in [0.05, 0.1) is 34.3 Å². The standard InChI is InChI=1S/C35H29ClN2O5/c1-19-8-7-11-26-30(19)34(41)38(33(26)40)24-14-12-22(13-15-24)29-18-27(25-16-17-28(36)20(2)31(25)37-29)35(42)43-21(3)32(39)23-9-5-4-6-10-23/h4-10,12-19,21,26,30H,11H2,1-3H3. The van der Waals surface area contributed by atoms with E-state index in [0.29, 0.717) is 50.4 Å². The van der Waals surface area contributed by atoms with Gasteiger partial charge in [0.15, 0.2) is 6.10 Å². The number of esters is 1. The van der Waals surface area contributed by atoms with Crippen molar-refractivity contribution in [1.29, 1.82) is 0 Å². The van der Waals surface area contributed by atoms with Crippen LogP contribution >= 0.6 is 11.6 Å². The summed E-state index contributed by atoms with van der Waals surface area (Å²) in [5.74, 6) is -2.03. The Morgan fingerprint density at radius 2 is 1.72 bits per heavy atom. The number of aryl methyl sites for hydroxylation is 1. The summed E-state index contributed by atoms with van der Waals surface area (Å²) in [5, 5.41) is 1.04. The van der Waals surface area contributed by atoms with Crippen LogP contribution in [0.5, 0.6) is 0 Å². The molecule has 0 radical (unpaired) electrons. The first-order valence-electron chi connectivity index (χ1n) is 14.2. The Hall–Kier alpha value is -4.62. The third-order valence-corrected chi connectivity index (χ3v) is 8.80. The van der Waals surface area contributed by atoms with Crippen LogP contribution in [0.2, 0.25) is 5.02 Å². The fraction of sp³-hybridized carbons (Fsp3) is 0.229. The third-order valence-electron chi connectivity index (χ3n) is 8.39. The van der Waals surface area contributed by atoms with Crippen LogP contribution in [-0.2, 0) is 14.3 Å². The van der Waals surface area contributed by atoms with E-state index in [2.05, 4.69) is 0 Å². The summed E-state index contributed by atoms with van der Waals surface area (Å²) in [4.78, 5) is 58.9. The molecule has 1 saturated heterocycles. The highest BCUT2D eigenvalue weighted by molar-refractivity contribution is 6.32. The summed E-state index contributed by atoms with van der Waals surface area (Å²) in [7, 11) is 0.